The first-order valence-electron chi connectivity index (χ1n) is 8.12. The standard InChI is InChI=1S/C18H18N2O6/c1-3-12-8-14-15(10(2)21)17(22)19(14)16(12)18(23)26-9-11-4-6-13(7-5-11)20(24)25/h3-7,10,14-15,21H,1,8-9H2,2H3/t10-,14-,15-/m1/s1. The minimum absolute atomic E-state index is 0.0503. The molecule has 0 aromatic heterocycles. The van der Waals surface area contributed by atoms with Crippen LogP contribution in [0.5, 0.6) is 0 Å². The minimum Gasteiger partial charge on any atom is -0.456 e. The molecule has 1 aromatic rings. The molecule has 1 fully saturated rings. The number of hydrogen-bond donors (Lipinski definition) is 1. The van der Waals surface area contributed by atoms with Crippen LogP contribution in [0, 0.1) is 16.0 Å². The van der Waals surface area contributed by atoms with Gasteiger partial charge in [0.25, 0.3) is 5.69 Å². The van der Waals surface area contributed by atoms with E-state index in [1.54, 1.807) is 6.92 Å². The number of fused-ring (bicyclic) bond motifs is 1. The van der Waals surface area contributed by atoms with E-state index in [0.717, 1.165) is 0 Å². The Bertz CT molecular complexity index is 811. The van der Waals surface area contributed by atoms with Crippen LogP contribution < -0.4 is 0 Å². The number of aliphatic hydroxyl groups excluding tert-OH is 1. The molecule has 0 saturated carbocycles. The molecule has 3 atom stereocenters. The summed E-state index contributed by atoms with van der Waals surface area (Å²) in [5.74, 6) is -1.48. The van der Waals surface area contributed by atoms with Crippen LogP contribution in [0.25, 0.3) is 0 Å². The molecule has 1 aromatic carbocycles. The molecule has 2 aliphatic heterocycles. The number of non-ortho nitro benzene ring substituents is 1. The first-order valence-corrected chi connectivity index (χ1v) is 8.12. The van der Waals surface area contributed by atoms with Gasteiger partial charge in [-0.25, -0.2) is 4.79 Å². The Morgan fingerprint density at radius 2 is 2.15 bits per heavy atom. The van der Waals surface area contributed by atoms with Gasteiger partial charge in [-0.05, 0) is 36.6 Å². The number of carbonyl (C=O) groups excluding carboxylic acids is 2. The van der Waals surface area contributed by atoms with E-state index in [-0.39, 0.29) is 29.9 Å². The number of hydrogen-bond acceptors (Lipinski definition) is 6. The van der Waals surface area contributed by atoms with Gasteiger partial charge in [-0.1, -0.05) is 12.7 Å². The predicted octanol–water partition coefficient (Wildman–Crippen LogP) is 1.69. The van der Waals surface area contributed by atoms with Crippen LogP contribution in [0.1, 0.15) is 18.9 Å². The van der Waals surface area contributed by atoms with E-state index in [9.17, 15) is 24.8 Å². The Labute approximate surface area is 149 Å². The average molecular weight is 358 g/mol. The molecule has 0 unspecified atom stereocenters. The second-order valence-corrected chi connectivity index (χ2v) is 6.32. The first kappa shape index (κ1) is 17.8. The highest BCUT2D eigenvalue weighted by Gasteiger charge is 2.56. The van der Waals surface area contributed by atoms with Gasteiger partial charge in [0.2, 0.25) is 5.91 Å². The number of ether oxygens (including phenoxy) is 1. The molecule has 2 aliphatic rings. The summed E-state index contributed by atoms with van der Waals surface area (Å²) in [7, 11) is 0. The fourth-order valence-electron chi connectivity index (χ4n) is 3.41. The van der Waals surface area contributed by atoms with Crippen molar-refractivity contribution in [3.05, 3.63) is 63.9 Å². The maximum atomic E-state index is 12.5. The zero-order valence-corrected chi connectivity index (χ0v) is 14.1. The van der Waals surface area contributed by atoms with Crippen LogP contribution >= 0.6 is 0 Å². The molecule has 8 nitrogen and oxygen atoms in total. The first-order chi connectivity index (χ1) is 12.3. The molecule has 3 rings (SSSR count). The minimum atomic E-state index is -0.787. The third kappa shape index (κ3) is 2.88. The molecule has 1 saturated heterocycles. The van der Waals surface area contributed by atoms with Crippen molar-refractivity contribution in [2.75, 3.05) is 0 Å². The Balaban J connectivity index is 1.70. The second kappa shape index (κ2) is 6.72. The van der Waals surface area contributed by atoms with E-state index in [1.807, 2.05) is 0 Å². The monoisotopic (exact) mass is 358 g/mol. The van der Waals surface area contributed by atoms with Gasteiger partial charge < -0.3 is 14.7 Å². The number of allylic oxidation sites excluding steroid dienone is 1. The zero-order valence-electron chi connectivity index (χ0n) is 14.1. The highest BCUT2D eigenvalue weighted by molar-refractivity contribution is 6.00. The molecule has 1 N–H and O–H groups in total. The summed E-state index contributed by atoms with van der Waals surface area (Å²) in [6.07, 6.45) is 1.19. The molecule has 8 heteroatoms. The lowest BCUT2D eigenvalue weighted by atomic mass is 9.83. The van der Waals surface area contributed by atoms with Gasteiger partial charge in [0.1, 0.15) is 12.3 Å². The topological polar surface area (TPSA) is 110 Å². The molecular weight excluding hydrogens is 340 g/mol. The van der Waals surface area contributed by atoms with Crippen molar-refractivity contribution in [1.82, 2.24) is 4.90 Å². The van der Waals surface area contributed by atoms with Crippen LogP contribution in [0.2, 0.25) is 0 Å². The fraction of sp³-hybridized carbons (Fsp3) is 0.333. The smallest absolute Gasteiger partial charge is 0.355 e. The van der Waals surface area contributed by atoms with Crippen molar-refractivity contribution < 1.29 is 24.4 Å². The van der Waals surface area contributed by atoms with E-state index in [4.69, 9.17) is 4.74 Å². The Hall–Kier alpha value is -3.00. The largest absolute Gasteiger partial charge is 0.456 e. The van der Waals surface area contributed by atoms with E-state index in [2.05, 4.69) is 6.58 Å². The number of nitrogens with zero attached hydrogens (tertiary/aromatic N) is 2. The molecule has 0 radical (unpaired) electrons. The SMILES string of the molecule is C=CC1=C(C(=O)OCc2ccc([N+](=O)[O-])cc2)N2C(=O)[C@H]([C@@H](C)O)[C@H]2C1. The number of rotatable bonds is 6. The average Bonchev–Trinajstić information content (AvgIpc) is 2.93. The van der Waals surface area contributed by atoms with Crippen LogP contribution in [-0.2, 0) is 20.9 Å². The summed E-state index contributed by atoms with van der Waals surface area (Å²) in [6, 6.07) is 5.41. The number of benzene rings is 1. The van der Waals surface area contributed by atoms with Gasteiger partial charge in [0.05, 0.1) is 23.0 Å². The summed E-state index contributed by atoms with van der Waals surface area (Å²) >= 11 is 0. The van der Waals surface area contributed by atoms with Crippen molar-refractivity contribution in [2.45, 2.75) is 32.1 Å². The number of aliphatic hydroxyl groups is 1. The van der Waals surface area contributed by atoms with Gasteiger partial charge >= 0.3 is 5.97 Å². The lowest BCUT2D eigenvalue weighted by Crippen LogP contribution is -2.61. The van der Waals surface area contributed by atoms with Crippen LogP contribution in [0.4, 0.5) is 5.69 Å². The summed E-state index contributed by atoms with van der Waals surface area (Å²) in [5, 5.41) is 20.4. The third-order valence-corrected chi connectivity index (χ3v) is 4.72. The fourth-order valence-corrected chi connectivity index (χ4v) is 3.41. The summed E-state index contributed by atoms with van der Waals surface area (Å²) in [6.45, 7) is 5.16. The number of β-lactam (4-membered cyclic amide) rings is 1. The molecule has 1 amide bonds. The van der Waals surface area contributed by atoms with Gasteiger partial charge in [-0.3, -0.25) is 14.9 Å². The Morgan fingerprint density at radius 1 is 1.50 bits per heavy atom. The third-order valence-electron chi connectivity index (χ3n) is 4.72. The van der Waals surface area contributed by atoms with E-state index >= 15 is 0 Å². The Morgan fingerprint density at radius 3 is 2.69 bits per heavy atom. The van der Waals surface area contributed by atoms with Crippen LogP contribution in [0.3, 0.4) is 0 Å². The van der Waals surface area contributed by atoms with E-state index in [0.29, 0.717) is 17.6 Å². The van der Waals surface area contributed by atoms with E-state index in [1.165, 1.54) is 35.2 Å². The molecule has 26 heavy (non-hydrogen) atoms. The lowest BCUT2D eigenvalue weighted by Gasteiger charge is -2.44. The summed E-state index contributed by atoms with van der Waals surface area (Å²) < 4.78 is 5.27. The predicted molar refractivity (Wildman–Crippen MR) is 90.5 cm³/mol. The molecule has 0 aliphatic carbocycles. The van der Waals surface area contributed by atoms with Gasteiger partial charge in [-0.15, -0.1) is 0 Å². The second-order valence-electron chi connectivity index (χ2n) is 6.32. The highest BCUT2D eigenvalue weighted by atomic mass is 16.6. The maximum absolute atomic E-state index is 12.5. The normalized spacial score (nSPS) is 22.5. The highest BCUT2D eigenvalue weighted by Crippen LogP contribution is 2.44. The van der Waals surface area contributed by atoms with Crippen LogP contribution in [-0.4, -0.2) is 39.0 Å². The van der Waals surface area contributed by atoms with Crippen LogP contribution in [0.15, 0.2) is 48.2 Å². The molecule has 0 spiro atoms. The lowest BCUT2D eigenvalue weighted by molar-refractivity contribution is -0.384. The number of nitro benzene ring substituents is 1. The Kier molecular flexibility index (Phi) is 4.60. The van der Waals surface area contributed by atoms with Crippen molar-refractivity contribution >= 4 is 17.6 Å². The molecular formula is C18H18N2O6. The van der Waals surface area contributed by atoms with Gasteiger partial charge in [0.15, 0.2) is 0 Å². The quantitative estimate of drug-likeness (QED) is 0.359. The number of nitro groups is 1. The number of esters is 1. The van der Waals surface area contributed by atoms with Gasteiger partial charge in [0, 0.05) is 12.1 Å². The van der Waals surface area contributed by atoms with Gasteiger partial charge in [-0.2, -0.15) is 0 Å². The summed E-state index contributed by atoms with van der Waals surface area (Å²) in [5.41, 5.74) is 1.32. The van der Waals surface area contributed by atoms with Crippen molar-refractivity contribution in [2.24, 2.45) is 5.92 Å². The maximum Gasteiger partial charge on any atom is 0.355 e. The van der Waals surface area contributed by atoms with E-state index < -0.39 is 22.9 Å². The van der Waals surface area contributed by atoms with Crippen molar-refractivity contribution in [3.63, 3.8) is 0 Å². The molecule has 136 valence electrons. The summed E-state index contributed by atoms with van der Waals surface area (Å²) in [4.78, 5) is 36.3. The number of amides is 1. The molecule has 0 bridgehead atoms. The molecule has 2 heterocycles. The van der Waals surface area contributed by atoms with Crippen molar-refractivity contribution in [3.8, 4) is 0 Å². The number of carbonyl (C=O) groups is 2. The zero-order chi connectivity index (χ0) is 19.0. The van der Waals surface area contributed by atoms with Crippen molar-refractivity contribution in [1.29, 1.82) is 0 Å².